The summed E-state index contributed by atoms with van der Waals surface area (Å²) < 4.78 is 1.88. The Morgan fingerprint density at radius 3 is 2.46 bits per heavy atom. The maximum Gasteiger partial charge on any atom is 0.143 e. The van der Waals surface area contributed by atoms with Gasteiger partial charge in [0.25, 0.3) is 0 Å². The molecule has 6 nitrogen and oxygen atoms in total. The molecule has 7 heteroatoms. The molecule has 0 bridgehead atoms. The lowest BCUT2D eigenvalue weighted by atomic mass is 10.2. The van der Waals surface area contributed by atoms with Crippen molar-refractivity contribution in [2.75, 3.05) is 36.0 Å². The normalized spacial score (nSPS) is 14.9. The number of piperazine rings is 1. The summed E-state index contributed by atoms with van der Waals surface area (Å²) in [6.07, 6.45) is 6.96. The number of anilines is 2. The van der Waals surface area contributed by atoms with Crippen LogP contribution in [0.2, 0.25) is 5.02 Å². The van der Waals surface area contributed by atoms with Crippen LogP contribution >= 0.6 is 11.6 Å². The lowest BCUT2D eigenvalue weighted by Crippen LogP contribution is -2.46. The maximum absolute atomic E-state index is 6.09. The number of rotatable bonds is 3. The van der Waals surface area contributed by atoms with Gasteiger partial charge in [0.1, 0.15) is 24.3 Å². The SMILES string of the molecule is Clc1cccc(N2CCN(c3cc(-n4ccnc4)ncn3)CC2)c1. The van der Waals surface area contributed by atoms with Crippen LogP contribution in [0, 0.1) is 0 Å². The van der Waals surface area contributed by atoms with E-state index in [9.17, 15) is 0 Å². The molecule has 4 rings (SSSR count). The first-order valence-electron chi connectivity index (χ1n) is 7.85. The van der Waals surface area contributed by atoms with Crippen LogP contribution in [0.1, 0.15) is 0 Å². The van der Waals surface area contributed by atoms with E-state index in [1.807, 2.05) is 35.0 Å². The van der Waals surface area contributed by atoms with E-state index in [2.05, 4.69) is 30.8 Å². The molecule has 1 aliphatic heterocycles. The highest BCUT2D eigenvalue weighted by Gasteiger charge is 2.19. The number of nitrogens with zero attached hydrogens (tertiary/aromatic N) is 6. The van der Waals surface area contributed by atoms with Crippen LogP contribution < -0.4 is 9.80 Å². The lowest BCUT2D eigenvalue weighted by Gasteiger charge is -2.36. The van der Waals surface area contributed by atoms with Crippen LogP contribution in [-0.4, -0.2) is 45.7 Å². The molecule has 24 heavy (non-hydrogen) atoms. The molecule has 3 aromatic rings. The Labute approximate surface area is 145 Å². The van der Waals surface area contributed by atoms with Crippen molar-refractivity contribution in [1.82, 2.24) is 19.5 Å². The van der Waals surface area contributed by atoms with Crippen molar-refractivity contribution in [2.24, 2.45) is 0 Å². The maximum atomic E-state index is 6.09. The molecule has 1 saturated heterocycles. The Bertz CT molecular complexity index is 811. The van der Waals surface area contributed by atoms with Gasteiger partial charge in [-0.15, -0.1) is 0 Å². The van der Waals surface area contributed by atoms with Crippen molar-refractivity contribution in [2.45, 2.75) is 0 Å². The van der Waals surface area contributed by atoms with E-state index in [1.54, 1.807) is 18.9 Å². The summed E-state index contributed by atoms with van der Waals surface area (Å²) in [4.78, 5) is 17.4. The monoisotopic (exact) mass is 340 g/mol. The summed E-state index contributed by atoms with van der Waals surface area (Å²) >= 11 is 6.09. The quantitative estimate of drug-likeness (QED) is 0.733. The largest absolute Gasteiger partial charge is 0.368 e. The first kappa shape index (κ1) is 15.0. The van der Waals surface area contributed by atoms with Gasteiger partial charge in [-0.3, -0.25) is 4.57 Å². The summed E-state index contributed by atoms with van der Waals surface area (Å²) in [6, 6.07) is 10.0. The fourth-order valence-corrected chi connectivity index (χ4v) is 3.10. The van der Waals surface area contributed by atoms with Gasteiger partial charge in [0.05, 0.1) is 0 Å². The molecule has 0 saturated carbocycles. The third kappa shape index (κ3) is 3.05. The molecule has 0 spiro atoms. The Kier molecular flexibility index (Phi) is 4.04. The van der Waals surface area contributed by atoms with Crippen LogP contribution in [0.15, 0.2) is 55.4 Å². The van der Waals surface area contributed by atoms with Crippen LogP contribution in [0.5, 0.6) is 0 Å². The average molecular weight is 341 g/mol. The van der Waals surface area contributed by atoms with Crippen LogP contribution in [-0.2, 0) is 0 Å². The zero-order valence-electron chi connectivity index (χ0n) is 13.1. The summed E-state index contributed by atoms with van der Waals surface area (Å²) in [7, 11) is 0. The highest BCUT2D eigenvalue weighted by Crippen LogP contribution is 2.22. The number of aromatic nitrogens is 4. The van der Waals surface area contributed by atoms with Crippen LogP contribution in [0.25, 0.3) is 5.82 Å². The van der Waals surface area contributed by atoms with E-state index < -0.39 is 0 Å². The molecule has 2 aromatic heterocycles. The predicted molar refractivity (Wildman–Crippen MR) is 95.0 cm³/mol. The van der Waals surface area contributed by atoms with Gasteiger partial charge < -0.3 is 9.80 Å². The zero-order chi connectivity index (χ0) is 16.4. The molecule has 3 heterocycles. The molecule has 1 fully saturated rings. The summed E-state index contributed by atoms with van der Waals surface area (Å²) in [6.45, 7) is 3.69. The van der Waals surface area contributed by atoms with Gasteiger partial charge in [-0.1, -0.05) is 17.7 Å². The first-order chi connectivity index (χ1) is 11.8. The van der Waals surface area contributed by atoms with Gasteiger partial charge in [0.2, 0.25) is 0 Å². The Balaban J connectivity index is 1.47. The third-order valence-corrected chi connectivity index (χ3v) is 4.42. The Hall–Kier alpha value is -2.60. The van der Waals surface area contributed by atoms with E-state index in [1.165, 1.54) is 5.69 Å². The van der Waals surface area contributed by atoms with Crippen molar-refractivity contribution in [3.63, 3.8) is 0 Å². The molecule has 1 aromatic carbocycles. The molecule has 122 valence electrons. The molecule has 1 aliphatic rings. The smallest absolute Gasteiger partial charge is 0.143 e. The zero-order valence-corrected chi connectivity index (χ0v) is 13.8. The molecule has 0 unspecified atom stereocenters. The van der Waals surface area contributed by atoms with Crippen LogP contribution in [0.3, 0.4) is 0 Å². The molecule has 0 amide bonds. The molecule has 0 N–H and O–H groups in total. The highest BCUT2D eigenvalue weighted by atomic mass is 35.5. The first-order valence-corrected chi connectivity index (χ1v) is 8.23. The molecule has 0 aliphatic carbocycles. The number of benzene rings is 1. The van der Waals surface area contributed by atoms with Gasteiger partial charge in [0, 0.05) is 55.3 Å². The second-order valence-electron chi connectivity index (χ2n) is 5.66. The summed E-state index contributed by atoms with van der Waals surface area (Å²) in [5.41, 5.74) is 1.17. The van der Waals surface area contributed by atoms with Crippen molar-refractivity contribution in [3.05, 3.63) is 60.4 Å². The molecule has 0 atom stereocenters. The minimum absolute atomic E-state index is 0.774. The minimum atomic E-state index is 0.774. The second-order valence-corrected chi connectivity index (χ2v) is 6.09. The average Bonchev–Trinajstić information content (AvgIpc) is 3.17. The summed E-state index contributed by atoms with van der Waals surface area (Å²) in [5, 5.41) is 0.774. The van der Waals surface area contributed by atoms with Crippen molar-refractivity contribution < 1.29 is 0 Å². The fourth-order valence-electron chi connectivity index (χ4n) is 2.91. The van der Waals surface area contributed by atoms with E-state index >= 15 is 0 Å². The Morgan fingerprint density at radius 1 is 0.917 bits per heavy atom. The van der Waals surface area contributed by atoms with Crippen molar-refractivity contribution in [1.29, 1.82) is 0 Å². The summed E-state index contributed by atoms with van der Waals surface area (Å²) in [5.74, 6) is 1.77. The highest BCUT2D eigenvalue weighted by molar-refractivity contribution is 6.30. The number of hydrogen-bond donors (Lipinski definition) is 0. The topological polar surface area (TPSA) is 50.1 Å². The Morgan fingerprint density at radius 2 is 1.71 bits per heavy atom. The number of halogens is 1. The lowest BCUT2D eigenvalue weighted by molar-refractivity contribution is 0.646. The van der Waals surface area contributed by atoms with Crippen LogP contribution in [0.4, 0.5) is 11.5 Å². The van der Waals surface area contributed by atoms with Gasteiger partial charge in [-0.2, -0.15) is 0 Å². The third-order valence-electron chi connectivity index (χ3n) is 4.18. The van der Waals surface area contributed by atoms with Gasteiger partial charge in [-0.05, 0) is 18.2 Å². The van der Waals surface area contributed by atoms with Crippen molar-refractivity contribution in [3.8, 4) is 5.82 Å². The molecular weight excluding hydrogens is 324 g/mol. The van der Waals surface area contributed by atoms with Gasteiger partial charge in [0.15, 0.2) is 0 Å². The minimum Gasteiger partial charge on any atom is -0.368 e. The van der Waals surface area contributed by atoms with E-state index in [4.69, 9.17) is 11.6 Å². The second kappa shape index (κ2) is 6.49. The number of imidazole rings is 1. The number of hydrogen-bond acceptors (Lipinski definition) is 5. The van der Waals surface area contributed by atoms with E-state index in [0.717, 1.165) is 42.8 Å². The molecule has 0 radical (unpaired) electrons. The molecular formula is C17H17ClN6. The fraction of sp³-hybridized carbons (Fsp3) is 0.235. The van der Waals surface area contributed by atoms with Gasteiger partial charge >= 0.3 is 0 Å². The van der Waals surface area contributed by atoms with E-state index in [0.29, 0.717) is 0 Å². The van der Waals surface area contributed by atoms with Crippen molar-refractivity contribution >= 4 is 23.1 Å². The van der Waals surface area contributed by atoms with Gasteiger partial charge in [-0.25, -0.2) is 15.0 Å². The standard InChI is InChI=1S/C17H17ClN6/c18-14-2-1-3-15(10-14)22-6-8-23(9-7-22)16-11-17(21-12-20-16)24-5-4-19-13-24/h1-5,10-13H,6-9H2. The van der Waals surface area contributed by atoms with E-state index in [-0.39, 0.29) is 0 Å². The predicted octanol–water partition coefficient (Wildman–Crippen LogP) is 2.64.